The van der Waals surface area contributed by atoms with E-state index >= 15 is 8.78 Å². The number of ether oxygens (including phenoxy) is 2. The Kier molecular flexibility index (Phi) is 11.2. The maximum atomic E-state index is 15.5. The fourth-order valence-corrected chi connectivity index (χ4v) is 6.13. The van der Waals surface area contributed by atoms with Crippen LogP contribution in [0.3, 0.4) is 0 Å². The van der Waals surface area contributed by atoms with Crippen LogP contribution in [-0.4, -0.2) is 94.4 Å². The summed E-state index contributed by atoms with van der Waals surface area (Å²) in [5, 5.41) is 16.3. The number of aromatic nitrogens is 2. The Labute approximate surface area is 295 Å². The van der Waals surface area contributed by atoms with Gasteiger partial charge in [-0.05, 0) is 35.7 Å². The highest BCUT2D eigenvalue weighted by Crippen LogP contribution is 2.38. The largest absolute Gasteiger partial charge is 0.509 e. The second kappa shape index (κ2) is 15.1. The second-order valence-corrected chi connectivity index (χ2v) is 13.5. The molecule has 3 heterocycles. The van der Waals surface area contributed by atoms with E-state index in [2.05, 4.69) is 20.2 Å². The van der Waals surface area contributed by atoms with Gasteiger partial charge in [0.05, 0.1) is 37.2 Å². The average molecular weight is 739 g/mol. The summed E-state index contributed by atoms with van der Waals surface area (Å²) in [5.74, 6) is -5.58. The van der Waals surface area contributed by atoms with Crippen molar-refractivity contribution in [1.82, 2.24) is 24.9 Å². The number of halogens is 6. The van der Waals surface area contributed by atoms with Crippen molar-refractivity contribution in [1.29, 1.82) is 0 Å². The summed E-state index contributed by atoms with van der Waals surface area (Å²) in [6, 6.07) is 6.10. The molecule has 1 saturated heterocycles. The molecule has 0 aliphatic carbocycles. The summed E-state index contributed by atoms with van der Waals surface area (Å²) < 4.78 is 81.7. The lowest BCUT2D eigenvalue weighted by molar-refractivity contribution is -0.158. The van der Waals surface area contributed by atoms with Gasteiger partial charge in [0.15, 0.2) is 11.6 Å². The fourth-order valence-electron chi connectivity index (χ4n) is 5.96. The van der Waals surface area contributed by atoms with Crippen molar-refractivity contribution in [2.45, 2.75) is 39.5 Å². The highest BCUT2D eigenvalue weighted by atomic mass is 35.5. The number of carbonyl (C=O) groups is 2. The Morgan fingerprint density at radius 1 is 1.08 bits per heavy atom. The van der Waals surface area contributed by atoms with Crippen LogP contribution in [0.1, 0.15) is 32.0 Å². The maximum absolute atomic E-state index is 15.5. The summed E-state index contributed by atoms with van der Waals surface area (Å²) in [6.45, 7) is 7.81. The second-order valence-electron chi connectivity index (χ2n) is 13.0. The molecule has 0 radical (unpaired) electrons. The van der Waals surface area contributed by atoms with Crippen molar-refractivity contribution >= 4 is 29.1 Å². The first-order valence-corrected chi connectivity index (χ1v) is 16.2. The number of amides is 2. The van der Waals surface area contributed by atoms with Gasteiger partial charge in [0.25, 0.3) is 11.8 Å². The van der Waals surface area contributed by atoms with Crippen LogP contribution in [0.5, 0.6) is 5.75 Å². The Morgan fingerprint density at radius 2 is 1.78 bits per heavy atom. The van der Waals surface area contributed by atoms with Gasteiger partial charge in [-0.1, -0.05) is 38.4 Å². The van der Waals surface area contributed by atoms with Crippen LogP contribution in [-0.2, 0) is 27.0 Å². The monoisotopic (exact) mass is 738 g/mol. The van der Waals surface area contributed by atoms with Gasteiger partial charge in [-0.3, -0.25) is 19.5 Å². The van der Waals surface area contributed by atoms with Crippen molar-refractivity contribution in [2.75, 3.05) is 51.8 Å². The summed E-state index contributed by atoms with van der Waals surface area (Å²) in [4.78, 5) is 37.0. The lowest BCUT2D eigenvalue weighted by Crippen LogP contribution is -2.59. The minimum absolute atomic E-state index is 0.0294. The number of aliphatic hydroxyl groups excluding tert-OH is 1. The molecule has 0 bridgehead atoms. The molecule has 2 aliphatic rings. The highest BCUT2D eigenvalue weighted by molar-refractivity contribution is 6.31. The molecule has 2 aliphatic heterocycles. The van der Waals surface area contributed by atoms with E-state index in [0.29, 0.717) is 45.2 Å². The molecular formula is C34H36ClF5N6O5. The highest BCUT2D eigenvalue weighted by Gasteiger charge is 2.46. The minimum Gasteiger partial charge on any atom is -0.509 e. The SMILES string of the molecule is CN1C(C(C)(C)C)C(O)=C(C(=O)Nc2ccc(Cl)cc2-c2cc(C(F)(F)F)ncn2)C(=O)N1Cc1ccc(OCCN2CCOCC2)c(F)c1F. The van der Waals surface area contributed by atoms with E-state index < -0.39 is 64.7 Å². The summed E-state index contributed by atoms with van der Waals surface area (Å²) in [7, 11) is 1.46. The van der Waals surface area contributed by atoms with Gasteiger partial charge in [0.2, 0.25) is 5.82 Å². The number of anilines is 1. The molecule has 1 unspecified atom stereocenters. The Hall–Kier alpha value is -4.38. The van der Waals surface area contributed by atoms with E-state index in [1.807, 2.05) is 0 Å². The molecule has 51 heavy (non-hydrogen) atoms. The topological polar surface area (TPSA) is 120 Å². The quantitative estimate of drug-likeness (QED) is 0.206. The first kappa shape index (κ1) is 37.9. The zero-order valence-corrected chi connectivity index (χ0v) is 28.9. The third-order valence-corrected chi connectivity index (χ3v) is 8.68. The molecule has 17 heteroatoms. The molecule has 3 aromatic rings. The standard InChI is InChI=1S/C34H36ClF5N6O5/c1-33(2,3)30-29(47)26(31(48)43-22-7-6-20(35)15-21(22)23-16-25(34(38,39)40)42-18-41-23)32(49)46(44(30)4)17-19-5-8-24(28(37)27(19)36)51-14-11-45-9-12-50-13-10-45/h5-8,15-16,18,30,47H,9-14,17H2,1-4H3,(H,43,48). The molecule has 274 valence electrons. The zero-order valence-electron chi connectivity index (χ0n) is 28.2. The molecule has 1 fully saturated rings. The Bertz CT molecular complexity index is 1830. The number of hydrogen-bond acceptors (Lipinski definition) is 9. The molecule has 5 rings (SSSR count). The number of nitrogens with zero attached hydrogens (tertiary/aromatic N) is 5. The van der Waals surface area contributed by atoms with E-state index in [1.54, 1.807) is 20.8 Å². The number of hydrazine groups is 1. The predicted octanol–water partition coefficient (Wildman–Crippen LogP) is 5.86. The number of carbonyl (C=O) groups excluding carboxylic acids is 2. The molecule has 2 amide bonds. The van der Waals surface area contributed by atoms with Gasteiger partial charge in [0, 0.05) is 42.8 Å². The van der Waals surface area contributed by atoms with Crippen molar-refractivity contribution in [3.63, 3.8) is 0 Å². The van der Waals surface area contributed by atoms with Crippen LogP contribution < -0.4 is 10.1 Å². The zero-order chi connectivity index (χ0) is 37.2. The molecule has 1 atom stereocenters. The number of benzene rings is 2. The van der Waals surface area contributed by atoms with Crippen molar-refractivity contribution in [3.05, 3.63) is 82.0 Å². The molecule has 2 aromatic carbocycles. The van der Waals surface area contributed by atoms with Gasteiger partial charge in [-0.15, -0.1) is 0 Å². The predicted molar refractivity (Wildman–Crippen MR) is 176 cm³/mol. The van der Waals surface area contributed by atoms with E-state index in [4.69, 9.17) is 21.1 Å². The molecule has 11 nitrogen and oxygen atoms in total. The van der Waals surface area contributed by atoms with Gasteiger partial charge in [-0.2, -0.15) is 17.6 Å². The van der Waals surface area contributed by atoms with Gasteiger partial charge < -0.3 is 19.9 Å². The first-order valence-electron chi connectivity index (χ1n) is 15.9. The number of alkyl halides is 3. The normalized spacial score (nSPS) is 18.0. The third-order valence-electron chi connectivity index (χ3n) is 8.44. The number of nitrogens with one attached hydrogen (secondary N) is 1. The molecule has 0 spiro atoms. The van der Waals surface area contributed by atoms with Crippen molar-refractivity contribution in [2.24, 2.45) is 5.41 Å². The molecular weight excluding hydrogens is 703 g/mol. The van der Waals surface area contributed by atoms with Crippen molar-refractivity contribution in [3.8, 4) is 17.0 Å². The van der Waals surface area contributed by atoms with Crippen LogP contribution in [0.15, 0.2) is 54.1 Å². The molecule has 1 aromatic heterocycles. The number of likely N-dealkylation sites (N-methyl/N-ethyl adjacent to an activating group) is 1. The van der Waals surface area contributed by atoms with Crippen LogP contribution in [0.2, 0.25) is 5.02 Å². The minimum atomic E-state index is -4.79. The van der Waals surface area contributed by atoms with E-state index in [1.165, 1.54) is 42.4 Å². The lowest BCUT2D eigenvalue weighted by atomic mass is 9.82. The summed E-state index contributed by atoms with van der Waals surface area (Å²) in [5.41, 5.74) is -3.34. The number of hydrogen-bond donors (Lipinski definition) is 2. The average Bonchev–Trinajstić information content (AvgIpc) is 3.06. The number of aliphatic hydroxyl groups is 1. The van der Waals surface area contributed by atoms with Crippen molar-refractivity contribution < 1.29 is 46.1 Å². The van der Waals surface area contributed by atoms with Crippen LogP contribution in [0.25, 0.3) is 11.3 Å². The van der Waals surface area contributed by atoms with E-state index in [0.717, 1.165) is 5.01 Å². The molecule has 0 saturated carbocycles. The van der Waals surface area contributed by atoms with E-state index in [-0.39, 0.29) is 39.9 Å². The number of morpholine rings is 1. The smallest absolute Gasteiger partial charge is 0.433 e. The van der Waals surface area contributed by atoms with Crippen LogP contribution in [0.4, 0.5) is 27.6 Å². The van der Waals surface area contributed by atoms with Gasteiger partial charge in [-0.25, -0.2) is 19.4 Å². The van der Waals surface area contributed by atoms with Crippen LogP contribution in [0, 0.1) is 17.0 Å². The summed E-state index contributed by atoms with van der Waals surface area (Å²) in [6.07, 6.45) is -4.08. The van der Waals surface area contributed by atoms with Crippen LogP contribution >= 0.6 is 11.6 Å². The molecule has 2 N–H and O–H groups in total. The van der Waals surface area contributed by atoms with E-state index in [9.17, 15) is 27.9 Å². The maximum Gasteiger partial charge on any atom is 0.433 e. The fraction of sp³-hybridized carbons (Fsp3) is 0.412. The summed E-state index contributed by atoms with van der Waals surface area (Å²) >= 11 is 6.14. The Balaban J connectivity index is 1.42. The first-order chi connectivity index (χ1) is 24.0. The van der Waals surface area contributed by atoms with Gasteiger partial charge >= 0.3 is 6.18 Å². The number of rotatable bonds is 9. The third kappa shape index (κ3) is 8.41. The van der Waals surface area contributed by atoms with Gasteiger partial charge in [0.1, 0.15) is 30.0 Å². The Morgan fingerprint density at radius 3 is 2.45 bits per heavy atom. The lowest BCUT2D eigenvalue weighted by Gasteiger charge is -2.46.